The van der Waals surface area contributed by atoms with Gasteiger partial charge in [0.25, 0.3) is 5.91 Å². The summed E-state index contributed by atoms with van der Waals surface area (Å²) in [6.07, 6.45) is 3.01. The van der Waals surface area contributed by atoms with Gasteiger partial charge >= 0.3 is 0 Å². The zero-order valence-electron chi connectivity index (χ0n) is 15.3. The minimum Gasteiger partial charge on any atom is -0.489 e. The molecule has 0 radical (unpaired) electrons. The van der Waals surface area contributed by atoms with Gasteiger partial charge in [-0.1, -0.05) is 30.3 Å². The maximum absolute atomic E-state index is 11.9. The number of aromatic nitrogens is 2. The molecular weight excluding hydrogens is 340 g/mol. The normalized spacial score (nSPS) is 10.5. The average Bonchev–Trinajstić information content (AvgIpc) is 2.68. The van der Waals surface area contributed by atoms with Gasteiger partial charge in [0, 0.05) is 24.1 Å². The summed E-state index contributed by atoms with van der Waals surface area (Å²) < 4.78 is 5.77. The number of carbonyl (C=O) groups is 1. The zero-order valence-corrected chi connectivity index (χ0v) is 15.3. The molecule has 0 unspecified atom stereocenters. The van der Waals surface area contributed by atoms with E-state index in [-0.39, 0.29) is 11.9 Å². The molecule has 6 nitrogen and oxygen atoms in total. The van der Waals surface area contributed by atoms with Crippen molar-refractivity contribution in [1.29, 1.82) is 0 Å². The van der Waals surface area contributed by atoms with Crippen LogP contribution in [0.2, 0.25) is 0 Å². The summed E-state index contributed by atoms with van der Waals surface area (Å²) in [6, 6.07) is 17.6. The van der Waals surface area contributed by atoms with Gasteiger partial charge < -0.3 is 15.4 Å². The van der Waals surface area contributed by atoms with Crippen LogP contribution in [0, 0.1) is 0 Å². The van der Waals surface area contributed by atoms with E-state index in [2.05, 4.69) is 20.6 Å². The summed E-state index contributed by atoms with van der Waals surface area (Å²) in [5, 5.41) is 5.91. The third-order valence-corrected chi connectivity index (χ3v) is 3.69. The topological polar surface area (TPSA) is 76.1 Å². The molecule has 2 aromatic carbocycles. The maximum atomic E-state index is 11.9. The van der Waals surface area contributed by atoms with E-state index in [1.54, 1.807) is 0 Å². The van der Waals surface area contributed by atoms with Crippen LogP contribution in [-0.4, -0.2) is 21.9 Å². The summed E-state index contributed by atoms with van der Waals surface area (Å²) in [5.41, 5.74) is 2.38. The highest BCUT2D eigenvalue weighted by molar-refractivity contribution is 5.93. The molecule has 0 atom stereocenters. The van der Waals surface area contributed by atoms with Crippen molar-refractivity contribution in [1.82, 2.24) is 15.3 Å². The first kappa shape index (κ1) is 18.4. The number of carbonyl (C=O) groups excluding carboxylic acids is 1. The van der Waals surface area contributed by atoms with Crippen molar-refractivity contribution in [2.24, 2.45) is 0 Å². The van der Waals surface area contributed by atoms with Gasteiger partial charge in [0.2, 0.25) is 5.95 Å². The molecule has 1 heterocycles. The van der Waals surface area contributed by atoms with Gasteiger partial charge in [-0.15, -0.1) is 0 Å². The number of nitrogens with one attached hydrogen (secondary N) is 2. The molecule has 0 aliphatic carbocycles. The fourth-order valence-corrected chi connectivity index (χ4v) is 2.36. The number of hydrogen-bond acceptors (Lipinski definition) is 5. The Morgan fingerprint density at radius 2 is 1.67 bits per heavy atom. The molecule has 3 aromatic rings. The average molecular weight is 362 g/mol. The van der Waals surface area contributed by atoms with Crippen LogP contribution in [-0.2, 0) is 6.61 Å². The zero-order chi connectivity index (χ0) is 19.1. The molecule has 0 spiro atoms. The van der Waals surface area contributed by atoms with E-state index in [1.165, 1.54) is 12.4 Å². The molecule has 6 heteroatoms. The first-order chi connectivity index (χ1) is 13.1. The van der Waals surface area contributed by atoms with Crippen molar-refractivity contribution in [2.45, 2.75) is 26.5 Å². The second-order valence-corrected chi connectivity index (χ2v) is 6.35. The molecule has 3 rings (SSSR count). The number of ether oxygens (including phenoxy) is 1. The van der Waals surface area contributed by atoms with Crippen LogP contribution in [0.3, 0.4) is 0 Å². The van der Waals surface area contributed by atoms with Crippen molar-refractivity contribution < 1.29 is 9.53 Å². The van der Waals surface area contributed by atoms with Crippen LogP contribution in [0.5, 0.6) is 5.75 Å². The van der Waals surface area contributed by atoms with E-state index in [1.807, 2.05) is 68.4 Å². The predicted octanol–water partition coefficient (Wildman–Crippen LogP) is 3.94. The Morgan fingerprint density at radius 3 is 2.30 bits per heavy atom. The fraction of sp³-hybridized carbons (Fsp3) is 0.190. The van der Waals surface area contributed by atoms with Crippen molar-refractivity contribution in [2.75, 3.05) is 5.32 Å². The molecule has 0 bridgehead atoms. The number of hydrogen-bond donors (Lipinski definition) is 2. The Labute approximate surface area is 158 Å². The van der Waals surface area contributed by atoms with E-state index in [9.17, 15) is 4.79 Å². The second-order valence-electron chi connectivity index (χ2n) is 6.35. The van der Waals surface area contributed by atoms with Gasteiger partial charge in [0.1, 0.15) is 12.4 Å². The summed E-state index contributed by atoms with van der Waals surface area (Å²) >= 11 is 0. The van der Waals surface area contributed by atoms with Crippen molar-refractivity contribution in [3.63, 3.8) is 0 Å². The van der Waals surface area contributed by atoms with Gasteiger partial charge in [0.05, 0.1) is 5.56 Å². The van der Waals surface area contributed by atoms with Crippen LogP contribution in [0.1, 0.15) is 29.8 Å². The maximum Gasteiger partial charge on any atom is 0.254 e. The highest BCUT2D eigenvalue weighted by Crippen LogP contribution is 2.19. The number of rotatable bonds is 7. The number of amides is 1. The molecule has 1 amide bonds. The Kier molecular flexibility index (Phi) is 5.99. The molecular formula is C21H22N4O2. The highest BCUT2D eigenvalue weighted by atomic mass is 16.5. The van der Waals surface area contributed by atoms with Crippen LogP contribution in [0.15, 0.2) is 67.0 Å². The monoisotopic (exact) mass is 362 g/mol. The van der Waals surface area contributed by atoms with Gasteiger partial charge in [-0.3, -0.25) is 4.79 Å². The minimum atomic E-state index is -0.184. The highest BCUT2D eigenvalue weighted by Gasteiger charge is 2.08. The summed E-state index contributed by atoms with van der Waals surface area (Å²) in [5.74, 6) is 1.02. The lowest BCUT2D eigenvalue weighted by Gasteiger charge is -2.09. The molecule has 27 heavy (non-hydrogen) atoms. The third kappa shape index (κ3) is 5.54. The minimum absolute atomic E-state index is 0.0675. The molecule has 1 aromatic heterocycles. The van der Waals surface area contributed by atoms with Crippen LogP contribution < -0.4 is 15.4 Å². The van der Waals surface area contributed by atoms with Gasteiger partial charge in [-0.2, -0.15) is 0 Å². The predicted molar refractivity (Wildman–Crippen MR) is 105 cm³/mol. The third-order valence-electron chi connectivity index (χ3n) is 3.69. The molecule has 138 valence electrons. The molecule has 0 aliphatic heterocycles. The molecule has 0 aliphatic rings. The summed E-state index contributed by atoms with van der Waals surface area (Å²) in [4.78, 5) is 20.3. The van der Waals surface area contributed by atoms with E-state index in [4.69, 9.17) is 4.74 Å². The Morgan fingerprint density at radius 1 is 1.00 bits per heavy atom. The van der Waals surface area contributed by atoms with Crippen LogP contribution >= 0.6 is 0 Å². The van der Waals surface area contributed by atoms with Crippen molar-refractivity contribution in [3.05, 3.63) is 78.1 Å². The van der Waals surface area contributed by atoms with Gasteiger partial charge in [0.15, 0.2) is 0 Å². The van der Waals surface area contributed by atoms with Gasteiger partial charge in [-0.25, -0.2) is 9.97 Å². The quantitative estimate of drug-likeness (QED) is 0.666. The van der Waals surface area contributed by atoms with Gasteiger partial charge in [-0.05, 0) is 43.7 Å². The number of nitrogens with zero attached hydrogens (tertiary/aromatic N) is 2. The van der Waals surface area contributed by atoms with Crippen molar-refractivity contribution in [3.8, 4) is 5.75 Å². The Balaban J connectivity index is 1.55. The summed E-state index contributed by atoms with van der Waals surface area (Å²) in [6.45, 7) is 4.33. The first-order valence-electron chi connectivity index (χ1n) is 8.77. The second kappa shape index (κ2) is 8.80. The van der Waals surface area contributed by atoms with E-state index in [0.717, 1.165) is 17.0 Å². The lowest BCUT2D eigenvalue weighted by molar-refractivity contribution is 0.0942. The fourth-order valence-electron chi connectivity index (χ4n) is 2.36. The molecule has 2 N–H and O–H groups in total. The molecule has 0 saturated heterocycles. The SMILES string of the molecule is CC(C)NC(=O)c1cnc(Nc2ccc(OCc3ccccc3)cc2)nc1. The summed E-state index contributed by atoms with van der Waals surface area (Å²) in [7, 11) is 0. The van der Waals surface area contributed by atoms with Crippen LogP contribution in [0.25, 0.3) is 0 Å². The molecule has 0 saturated carbocycles. The van der Waals surface area contributed by atoms with Crippen molar-refractivity contribution >= 4 is 17.5 Å². The molecule has 0 fully saturated rings. The van der Waals surface area contributed by atoms with E-state index >= 15 is 0 Å². The Hall–Kier alpha value is -3.41. The lowest BCUT2D eigenvalue weighted by atomic mass is 10.2. The smallest absolute Gasteiger partial charge is 0.254 e. The number of benzene rings is 2. The first-order valence-corrected chi connectivity index (χ1v) is 8.77. The number of anilines is 2. The largest absolute Gasteiger partial charge is 0.489 e. The van der Waals surface area contributed by atoms with E-state index in [0.29, 0.717) is 18.1 Å². The Bertz CT molecular complexity index is 863. The lowest BCUT2D eigenvalue weighted by Crippen LogP contribution is -2.30. The van der Waals surface area contributed by atoms with E-state index < -0.39 is 0 Å². The van der Waals surface area contributed by atoms with Crippen LogP contribution in [0.4, 0.5) is 11.6 Å². The standard InChI is InChI=1S/C21H22N4O2/c1-15(2)24-20(26)17-12-22-21(23-13-17)25-18-8-10-19(11-9-18)27-14-16-6-4-3-5-7-16/h3-13,15H,14H2,1-2H3,(H,24,26)(H,22,23,25).